The van der Waals surface area contributed by atoms with E-state index in [1.807, 2.05) is 0 Å². The van der Waals surface area contributed by atoms with Gasteiger partial charge < -0.3 is 11.1 Å². The average Bonchev–Trinajstić information content (AvgIpc) is 2.33. The molecular formula is C7H14N2. The predicted octanol–water partition coefficient (Wildman–Crippen LogP) is 0.255. The number of nitrogens with two attached hydrogens (primary N) is 1. The van der Waals surface area contributed by atoms with E-state index in [1.54, 1.807) is 0 Å². The average molecular weight is 126 g/mol. The highest BCUT2D eigenvalue weighted by Crippen LogP contribution is 2.10. The van der Waals surface area contributed by atoms with Crippen LogP contribution in [0.4, 0.5) is 0 Å². The fourth-order valence-electron chi connectivity index (χ4n) is 1.21. The van der Waals surface area contributed by atoms with Crippen molar-refractivity contribution < 1.29 is 0 Å². The summed E-state index contributed by atoms with van der Waals surface area (Å²) in [7, 11) is 0. The molecule has 0 atom stereocenters. The van der Waals surface area contributed by atoms with Crippen LogP contribution >= 0.6 is 0 Å². The molecule has 1 heterocycles. The minimum atomic E-state index is 0.732. The molecule has 3 N–H and O–H groups in total. The smallest absolute Gasteiger partial charge is 0.0183 e. The SMILES string of the molecule is CCC1=C(CN)CNC1. The van der Waals surface area contributed by atoms with Gasteiger partial charge in [0.15, 0.2) is 0 Å². The molecule has 0 spiro atoms. The van der Waals surface area contributed by atoms with Gasteiger partial charge in [-0.25, -0.2) is 0 Å². The van der Waals surface area contributed by atoms with Gasteiger partial charge in [0.1, 0.15) is 0 Å². The number of rotatable bonds is 2. The number of nitrogens with one attached hydrogen (secondary N) is 1. The van der Waals surface area contributed by atoms with E-state index in [2.05, 4.69) is 12.2 Å². The summed E-state index contributed by atoms with van der Waals surface area (Å²) in [6.45, 7) is 4.98. The van der Waals surface area contributed by atoms with Crippen molar-refractivity contribution in [2.45, 2.75) is 13.3 Å². The maximum atomic E-state index is 5.50. The van der Waals surface area contributed by atoms with E-state index < -0.39 is 0 Å². The highest BCUT2D eigenvalue weighted by atomic mass is 14.9. The summed E-state index contributed by atoms with van der Waals surface area (Å²) in [4.78, 5) is 0. The third-order valence-electron chi connectivity index (χ3n) is 1.85. The summed E-state index contributed by atoms with van der Waals surface area (Å²) in [5.41, 5.74) is 8.43. The normalized spacial score (nSPS) is 19.3. The maximum Gasteiger partial charge on any atom is 0.0183 e. The first kappa shape index (κ1) is 6.78. The van der Waals surface area contributed by atoms with Crippen molar-refractivity contribution in [3.05, 3.63) is 11.1 Å². The molecule has 1 aliphatic heterocycles. The van der Waals surface area contributed by atoms with E-state index in [9.17, 15) is 0 Å². The van der Waals surface area contributed by atoms with Gasteiger partial charge in [-0.15, -0.1) is 0 Å². The van der Waals surface area contributed by atoms with E-state index in [0.29, 0.717) is 0 Å². The lowest BCUT2D eigenvalue weighted by molar-refractivity contribution is 0.845. The fraction of sp³-hybridized carbons (Fsp3) is 0.714. The Morgan fingerprint density at radius 2 is 2.11 bits per heavy atom. The maximum absolute atomic E-state index is 5.50. The standard InChI is InChI=1S/C7H14N2/c1-2-6-4-9-5-7(6)3-8/h9H,2-5,8H2,1H3. The molecule has 0 aromatic rings. The van der Waals surface area contributed by atoms with Crippen molar-refractivity contribution in [3.63, 3.8) is 0 Å². The van der Waals surface area contributed by atoms with Gasteiger partial charge in [-0.1, -0.05) is 12.5 Å². The van der Waals surface area contributed by atoms with Crippen LogP contribution in [-0.4, -0.2) is 19.6 Å². The molecule has 1 rings (SSSR count). The zero-order chi connectivity index (χ0) is 6.69. The molecule has 0 fully saturated rings. The van der Waals surface area contributed by atoms with Gasteiger partial charge in [-0.2, -0.15) is 0 Å². The molecule has 0 radical (unpaired) electrons. The molecule has 0 aliphatic carbocycles. The summed E-state index contributed by atoms with van der Waals surface area (Å²) >= 11 is 0. The Kier molecular flexibility index (Phi) is 2.25. The third kappa shape index (κ3) is 1.32. The van der Waals surface area contributed by atoms with Gasteiger partial charge in [0.05, 0.1) is 0 Å². The second-order valence-electron chi connectivity index (χ2n) is 2.37. The Bertz CT molecular complexity index is 113. The van der Waals surface area contributed by atoms with E-state index >= 15 is 0 Å². The van der Waals surface area contributed by atoms with Crippen molar-refractivity contribution in [1.29, 1.82) is 0 Å². The van der Waals surface area contributed by atoms with E-state index in [-0.39, 0.29) is 0 Å². The Morgan fingerprint density at radius 3 is 2.56 bits per heavy atom. The topological polar surface area (TPSA) is 38.0 Å². The summed E-state index contributed by atoms with van der Waals surface area (Å²) in [5.74, 6) is 0. The molecule has 0 amide bonds. The van der Waals surface area contributed by atoms with Crippen LogP contribution in [0.15, 0.2) is 11.1 Å². The summed E-state index contributed by atoms with van der Waals surface area (Å²) in [6, 6.07) is 0. The van der Waals surface area contributed by atoms with Crippen molar-refractivity contribution in [2.75, 3.05) is 19.6 Å². The minimum Gasteiger partial charge on any atom is -0.327 e. The van der Waals surface area contributed by atoms with Crippen molar-refractivity contribution in [3.8, 4) is 0 Å². The van der Waals surface area contributed by atoms with Gasteiger partial charge in [0.25, 0.3) is 0 Å². The monoisotopic (exact) mass is 126 g/mol. The van der Waals surface area contributed by atoms with Crippen molar-refractivity contribution >= 4 is 0 Å². The highest BCUT2D eigenvalue weighted by molar-refractivity contribution is 5.22. The minimum absolute atomic E-state index is 0.732. The van der Waals surface area contributed by atoms with Gasteiger partial charge in [-0.05, 0) is 12.0 Å². The van der Waals surface area contributed by atoms with Gasteiger partial charge >= 0.3 is 0 Å². The van der Waals surface area contributed by atoms with Gasteiger partial charge in [0.2, 0.25) is 0 Å². The van der Waals surface area contributed by atoms with Crippen molar-refractivity contribution in [1.82, 2.24) is 5.32 Å². The Labute approximate surface area is 56.1 Å². The first-order valence-electron chi connectivity index (χ1n) is 3.49. The van der Waals surface area contributed by atoms with Gasteiger partial charge in [-0.3, -0.25) is 0 Å². The molecule has 0 unspecified atom stereocenters. The molecule has 52 valence electrons. The van der Waals surface area contributed by atoms with Crippen molar-refractivity contribution in [2.24, 2.45) is 5.73 Å². The molecule has 0 aromatic carbocycles. The van der Waals surface area contributed by atoms with E-state index in [4.69, 9.17) is 5.73 Å². The number of hydrogen-bond donors (Lipinski definition) is 2. The molecule has 9 heavy (non-hydrogen) atoms. The molecule has 2 nitrogen and oxygen atoms in total. The Hall–Kier alpha value is -0.340. The van der Waals surface area contributed by atoms with Crippen LogP contribution in [0, 0.1) is 0 Å². The van der Waals surface area contributed by atoms with Crippen LogP contribution in [-0.2, 0) is 0 Å². The largest absolute Gasteiger partial charge is 0.327 e. The summed E-state index contributed by atoms with van der Waals surface area (Å²) in [5, 5.41) is 3.27. The highest BCUT2D eigenvalue weighted by Gasteiger charge is 2.09. The van der Waals surface area contributed by atoms with E-state index in [0.717, 1.165) is 26.1 Å². The summed E-state index contributed by atoms with van der Waals surface area (Å²) in [6.07, 6.45) is 1.15. The molecule has 2 heteroatoms. The fourth-order valence-corrected chi connectivity index (χ4v) is 1.21. The Morgan fingerprint density at radius 1 is 1.44 bits per heavy atom. The third-order valence-corrected chi connectivity index (χ3v) is 1.85. The van der Waals surface area contributed by atoms with Crippen LogP contribution in [0.25, 0.3) is 0 Å². The van der Waals surface area contributed by atoms with E-state index in [1.165, 1.54) is 11.1 Å². The zero-order valence-corrected chi connectivity index (χ0v) is 5.91. The van der Waals surface area contributed by atoms with Crippen LogP contribution in [0.3, 0.4) is 0 Å². The molecular weight excluding hydrogens is 112 g/mol. The van der Waals surface area contributed by atoms with Crippen LogP contribution in [0.5, 0.6) is 0 Å². The molecule has 0 saturated carbocycles. The molecule has 0 saturated heterocycles. The van der Waals surface area contributed by atoms with Crippen LogP contribution < -0.4 is 11.1 Å². The van der Waals surface area contributed by atoms with Crippen LogP contribution in [0.2, 0.25) is 0 Å². The second-order valence-corrected chi connectivity index (χ2v) is 2.37. The number of hydrogen-bond acceptors (Lipinski definition) is 2. The van der Waals surface area contributed by atoms with Gasteiger partial charge in [0, 0.05) is 19.6 Å². The lowest BCUT2D eigenvalue weighted by Gasteiger charge is -1.97. The lowest BCUT2D eigenvalue weighted by Crippen LogP contribution is -2.12. The molecule has 0 aromatic heterocycles. The first-order valence-corrected chi connectivity index (χ1v) is 3.49. The van der Waals surface area contributed by atoms with Crippen LogP contribution in [0.1, 0.15) is 13.3 Å². The summed E-state index contributed by atoms with van der Waals surface area (Å²) < 4.78 is 0. The second kappa shape index (κ2) is 2.99. The lowest BCUT2D eigenvalue weighted by atomic mass is 10.1. The molecule has 0 bridgehead atoms. The Balaban J connectivity index is 2.59. The quantitative estimate of drug-likeness (QED) is 0.521. The molecule has 1 aliphatic rings. The zero-order valence-electron chi connectivity index (χ0n) is 5.91. The predicted molar refractivity (Wildman–Crippen MR) is 39.2 cm³/mol. The first-order chi connectivity index (χ1) is 4.38.